The molecule has 0 aromatic carbocycles. The van der Waals surface area contributed by atoms with Gasteiger partial charge in [0.15, 0.2) is 9.84 Å². The predicted octanol–water partition coefficient (Wildman–Crippen LogP) is -0.417. The van der Waals surface area contributed by atoms with Crippen molar-refractivity contribution in [2.75, 3.05) is 11.5 Å². The number of hydrogen-bond acceptors (Lipinski definition) is 6. The van der Waals surface area contributed by atoms with Gasteiger partial charge in [0.25, 0.3) is 15.2 Å². The van der Waals surface area contributed by atoms with Gasteiger partial charge in [-0.3, -0.25) is 4.57 Å². The van der Waals surface area contributed by atoms with Gasteiger partial charge >= 0.3 is 0 Å². The molecule has 8 nitrogen and oxygen atoms in total. The Hall–Kier alpha value is -1.00. The quantitative estimate of drug-likeness (QED) is 0.788. The molecule has 0 spiro atoms. The molecule has 1 atom stereocenters. The lowest BCUT2D eigenvalue weighted by molar-refractivity contribution is 0.343. The van der Waals surface area contributed by atoms with Crippen LogP contribution in [-0.4, -0.2) is 43.1 Å². The van der Waals surface area contributed by atoms with E-state index < -0.39 is 25.4 Å². The Bertz CT molecular complexity index is 728. The molecule has 0 aliphatic carbocycles. The van der Waals surface area contributed by atoms with Crippen LogP contribution in [0.2, 0.25) is 0 Å². The Kier molecular flexibility index (Phi) is 3.46. The van der Waals surface area contributed by atoms with Crippen LogP contribution in [0.3, 0.4) is 0 Å². The van der Waals surface area contributed by atoms with Gasteiger partial charge in [0.1, 0.15) is 5.82 Å². The van der Waals surface area contributed by atoms with Crippen molar-refractivity contribution in [1.29, 1.82) is 0 Å². The van der Waals surface area contributed by atoms with E-state index in [1.165, 1.54) is 4.57 Å². The third kappa shape index (κ3) is 2.86. The van der Waals surface area contributed by atoms with Crippen LogP contribution in [0.4, 0.5) is 0 Å². The maximum atomic E-state index is 11.6. The molecule has 2 rings (SSSR count). The molecule has 1 aliphatic heterocycles. The Morgan fingerprint density at radius 1 is 1.30 bits per heavy atom. The lowest BCUT2D eigenvalue weighted by Crippen LogP contribution is -2.31. The molecule has 0 saturated carbocycles. The molecule has 1 fully saturated rings. The van der Waals surface area contributed by atoms with Crippen molar-refractivity contribution in [3.63, 3.8) is 0 Å². The Labute approximate surface area is 118 Å². The van der Waals surface area contributed by atoms with Crippen molar-refractivity contribution in [1.82, 2.24) is 14.8 Å². The van der Waals surface area contributed by atoms with E-state index in [-0.39, 0.29) is 22.6 Å². The van der Waals surface area contributed by atoms with Crippen molar-refractivity contribution >= 4 is 19.9 Å². The Balaban J connectivity index is 2.59. The average Bonchev–Trinajstić information content (AvgIpc) is 2.78. The third-order valence-corrected chi connectivity index (χ3v) is 5.72. The molecule has 1 aromatic rings. The zero-order valence-corrected chi connectivity index (χ0v) is 13.2. The fourth-order valence-electron chi connectivity index (χ4n) is 2.36. The molecular weight excluding hydrogens is 304 g/mol. The molecule has 2 heterocycles. The summed E-state index contributed by atoms with van der Waals surface area (Å²) in [6.45, 7) is 5.37. The Morgan fingerprint density at radius 2 is 1.90 bits per heavy atom. The summed E-state index contributed by atoms with van der Waals surface area (Å²) in [4.78, 5) is 0. The third-order valence-electron chi connectivity index (χ3n) is 3.18. The number of hydrogen-bond donors (Lipinski definition) is 1. The van der Waals surface area contributed by atoms with Gasteiger partial charge in [0.2, 0.25) is 0 Å². The molecule has 2 N–H and O–H groups in total. The fourth-order valence-corrected chi connectivity index (χ4v) is 4.87. The van der Waals surface area contributed by atoms with Gasteiger partial charge in [0.05, 0.1) is 11.5 Å². The molecule has 20 heavy (non-hydrogen) atoms. The highest BCUT2D eigenvalue weighted by atomic mass is 32.2. The van der Waals surface area contributed by atoms with E-state index in [1.807, 2.05) is 0 Å². The number of primary sulfonamides is 1. The van der Waals surface area contributed by atoms with Crippen molar-refractivity contribution in [3.8, 4) is 0 Å². The van der Waals surface area contributed by atoms with Crippen LogP contribution in [0, 0.1) is 0 Å². The first kappa shape index (κ1) is 15.4. The Morgan fingerprint density at radius 3 is 2.30 bits per heavy atom. The first-order valence-electron chi connectivity index (χ1n) is 6.11. The van der Waals surface area contributed by atoms with E-state index in [4.69, 9.17) is 5.14 Å². The van der Waals surface area contributed by atoms with Crippen molar-refractivity contribution in [2.24, 2.45) is 5.14 Å². The molecule has 0 radical (unpaired) electrons. The molecule has 0 bridgehead atoms. The number of aromatic nitrogens is 3. The number of sulfonamides is 1. The monoisotopic (exact) mass is 322 g/mol. The van der Waals surface area contributed by atoms with Crippen LogP contribution in [-0.2, 0) is 25.4 Å². The second-order valence-electron chi connectivity index (χ2n) is 5.99. The van der Waals surface area contributed by atoms with E-state index in [9.17, 15) is 16.8 Å². The minimum absolute atomic E-state index is 0.0359. The second-order valence-corrected chi connectivity index (χ2v) is 9.68. The number of nitrogens with zero attached hydrogens (tertiary/aromatic N) is 3. The lowest BCUT2D eigenvalue weighted by Gasteiger charge is -2.25. The molecule has 1 aliphatic rings. The maximum Gasteiger partial charge on any atom is 0.273 e. The van der Waals surface area contributed by atoms with Crippen LogP contribution < -0.4 is 5.14 Å². The molecule has 114 valence electrons. The van der Waals surface area contributed by atoms with E-state index in [2.05, 4.69) is 10.2 Å². The van der Waals surface area contributed by atoms with E-state index in [0.29, 0.717) is 12.2 Å². The largest absolute Gasteiger partial charge is 0.295 e. The van der Waals surface area contributed by atoms with Gasteiger partial charge in [-0.05, 0) is 27.2 Å². The first-order chi connectivity index (χ1) is 8.92. The highest BCUT2D eigenvalue weighted by Crippen LogP contribution is 2.32. The topological polar surface area (TPSA) is 125 Å². The summed E-state index contributed by atoms with van der Waals surface area (Å²) in [7, 11) is -7.11. The van der Waals surface area contributed by atoms with Crippen molar-refractivity contribution in [3.05, 3.63) is 5.82 Å². The average molecular weight is 322 g/mol. The highest BCUT2D eigenvalue weighted by molar-refractivity contribution is 7.91. The van der Waals surface area contributed by atoms with Crippen molar-refractivity contribution < 1.29 is 16.8 Å². The summed E-state index contributed by atoms with van der Waals surface area (Å²) >= 11 is 0. The number of sulfone groups is 1. The fraction of sp³-hybridized carbons (Fsp3) is 0.800. The van der Waals surface area contributed by atoms with Crippen LogP contribution in [0.15, 0.2) is 5.16 Å². The standard InChI is InChI=1S/C10H18N4O4S2/c1-10(2,3)14-8(7-4-5-19(15,16)6-7)12-13-9(14)20(11,17)18/h7H,4-6H2,1-3H3,(H2,11,17,18). The molecular formula is C10H18N4O4S2. The lowest BCUT2D eigenvalue weighted by atomic mass is 10.0. The summed E-state index contributed by atoms with van der Waals surface area (Å²) in [5.74, 6) is 0.0652. The summed E-state index contributed by atoms with van der Waals surface area (Å²) < 4.78 is 47.8. The number of rotatable bonds is 2. The molecule has 1 saturated heterocycles. The summed E-state index contributed by atoms with van der Waals surface area (Å²) in [6.07, 6.45) is 0.418. The van der Waals surface area contributed by atoms with E-state index in [0.717, 1.165) is 0 Å². The smallest absolute Gasteiger partial charge is 0.273 e. The van der Waals surface area contributed by atoms with Gasteiger partial charge in [-0.15, -0.1) is 10.2 Å². The summed E-state index contributed by atoms with van der Waals surface area (Å²) in [5.41, 5.74) is -0.618. The first-order valence-corrected chi connectivity index (χ1v) is 9.47. The van der Waals surface area contributed by atoms with Crippen LogP contribution in [0.5, 0.6) is 0 Å². The molecule has 0 amide bonds. The van der Waals surface area contributed by atoms with Crippen LogP contribution in [0.25, 0.3) is 0 Å². The zero-order chi connectivity index (χ0) is 15.3. The van der Waals surface area contributed by atoms with Crippen LogP contribution in [0.1, 0.15) is 38.9 Å². The van der Waals surface area contributed by atoms with Gasteiger partial charge in [-0.2, -0.15) is 0 Å². The highest BCUT2D eigenvalue weighted by Gasteiger charge is 2.37. The predicted molar refractivity (Wildman–Crippen MR) is 72.4 cm³/mol. The van der Waals surface area contributed by atoms with E-state index >= 15 is 0 Å². The van der Waals surface area contributed by atoms with Crippen LogP contribution >= 0.6 is 0 Å². The second kappa shape index (κ2) is 4.50. The van der Waals surface area contributed by atoms with E-state index in [1.54, 1.807) is 20.8 Å². The summed E-state index contributed by atoms with van der Waals surface area (Å²) in [6, 6.07) is 0. The van der Waals surface area contributed by atoms with Gasteiger partial charge in [0, 0.05) is 11.5 Å². The van der Waals surface area contributed by atoms with Crippen molar-refractivity contribution in [2.45, 2.75) is 43.8 Å². The minimum Gasteiger partial charge on any atom is -0.295 e. The molecule has 1 aromatic heterocycles. The SMILES string of the molecule is CC(C)(C)n1c(C2CCS(=O)(=O)C2)nnc1S(N)(=O)=O. The maximum absolute atomic E-state index is 11.6. The molecule has 10 heteroatoms. The van der Waals surface area contributed by atoms with Gasteiger partial charge < -0.3 is 0 Å². The van der Waals surface area contributed by atoms with Gasteiger partial charge in [-0.25, -0.2) is 22.0 Å². The summed E-state index contributed by atoms with van der Waals surface area (Å²) in [5, 5.41) is 12.4. The zero-order valence-electron chi connectivity index (χ0n) is 11.6. The molecule has 1 unspecified atom stereocenters. The van der Waals surface area contributed by atoms with Gasteiger partial charge in [-0.1, -0.05) is 0 Å². The normalized spacial score (nSPS) is 23.1. The number of nitrogens with two attached hydrogens (primary N) is 1. The minimum atomic E-state index is -4.01.